The summed E-state index contributed by atoms with van der Waals surface area (Å²) in [5.41, 5.74) is 4.94. The molecule has 0 aliphatic heterocycles. The van der Waals surface area contributed by atoms with Crippen LogP contribution in [0.1, 0.15) is 5.56 Å². The van der Waals surface area contributed by atoms with Crippen molar-refractivity contribution in [1.29, 1.82) is 0 Å². The Balaban J connectivity index is 2.82. The van der Waals surface area contributed by atoms with E-state index in [-0.39, 0.29) is 11.3 Å². The largest absolute Gasteiger partial charge is 0.508 e. The fraction of sp³-hybridized carbons (Fsp3) is 0.333. The van der Waals surface area contributed by atoms with Gasteiger partial charge < -0.3 is 15.9 Å². The minimum Gasteiger partial charge on any atom is -0.508 e. The van der Waals surface area contributed by atoms with Crippen LogP contribution in [-0.2, 0) is 6.42 Å². The van der Waals surface area contributed by atoms with Gasteiger partial charge in [-0.2, -0.15) is 13.2 Å². The predicted octanol–water partition coefficient (Wildman–Crippen LogP) is 1.53. The molecule has 1 atom stereocenters. The highest BCUT2D eigenvalue weighted by Crippen LogP contribution is 2.27. The number of phenolic OH excluding ortho intramolecular Hbond substituents is 2. The molecule has 1 aromatic carbocycles. The lowest BCUT2D eigenvalue weighted by Crippen LogP contribution is -2.39. The van der Waals surface area contributed by atoms with Crippen molar-refractivity contribution in [3.63, 3.8) is 0 Å². The first-order chi connectivity index (χ1) is 6.80. The quantitative estimate of drug-likeness (QED) is 0.709. The van der Waals surface area contributed by atoms with Crippen LogP contribution in [0.5, 0.6) is 11.5 Å². The van der Waals surface area contributed by atoms with Gasteiger partial charge in [0.2, 0.25) is 0 Å². The molecule has 84 valence electrons. The molecule has 1 aromatic rings. The van der Waals surface area contributed by atoms with Gasteiger partial charge in [0, 0.05) is 6.07 Å². The van der Waals surface area contributed by atoms with Crippen molar-refractivity contribution in [2.45, 2.75) is 18.6 Å². The Morgan fingerprint density at radius 3 is 2.33 bits per heavy atom. The smallest absolute Gasteiger partial charge is 0.403 e. The number of hydrogen-bond acceptors (Lipinski definition) is 3. The normalized spacial score (nSPS) is 13.9. The molecule has 0 heterocycles. The molecule has 0 aliphatic carbocycles. The highest BCUT2D eigenvalue weighted by Gasteiger charge is 2.36. The molecule has 0 spiro atoms. The van der Waals surface area contributed by atoms with Crippen molar-refractivity contribution < 1.29 is 23.4 Å². The summed E-state index contributed by atoms with van der Waals surface area (Å²) in [5.74, 6) is -0.605. The van der Waals surface area contributed by atoms with Gasteiger partial charge >= 0.3 is 6.18 Å². The fourth-order valence-electron chi connectivity index (χ4n) is 1.08. The average Bonchev–Trinajstić information content (AvgIpc) is 2.08. The first-order valence-electron chi connectivity index (χ1n) is 4.14. The third-order valence-electron chi connectivity index (χ3n) is 1.93. The summed E-state index contributed by atoms with van der Waals surface area (Å²) in [5, 5.41) is 18.1. The number of nitrogens with two attached hydrogens (primary N) is 1. The molecule has 3 nitrogen and oxygen atoms in total. The Morgan fingerprint density at radius 2 is 1.87 bits per heavy atom. The van der Waals surface area contributed by atoms with Crippen LogP contribution >= 0.6 is 0 Å². The van der Waals surface area contributed by atoms with Crippen LogP contribution in [0.25, 0.3) is 0 Å². The lowest BCUT2D eigenvalue weighted by molar-refractivity contribution is -0.147. The molecule has 0 radical (unpaired) electrons. The van der Waals surface area contributed by atoms with E-state index in [9.17, 15) is 18.3 Å². The van der Waals surface area contributed by atoms with E-state index in [2.05, 4.69) is 0 Å². The monoisotopic (exact) mass is 221 g/mol. The molecule has 4 N–H and O–H groups in total. The van der Waals surface area contributed by atoms with Crippen molar-refractivity contribution in [2.24, 2.45) is 5.73 Å². The molecule has 1 unspecified atom stereocenters. The van der Waals surface area contributed by atoms with E-state index in [0.29, 0.717) is 0 Å². The molecular weight excluding hydrogens is 211 g/mol. The van der Waals surface area contributed by atoms with Crippen LogP contribution in [0.4, 0.5) is 13.2 Å². The second-order valence-electron chi connectivity index (χ2n) is 3.17. The van der Waals surface area contributed by atoms with Crippen molar-refractivity contribution in [1.82, 2.24) is 0 Å². The van der Waals surface area contributed by atoms with Gasteiger partial charge in [0.15, 0.2) is 0 Å². The molecule has 0 fully saturated rings. The van der Waals surface area contributed by atoms with Gasteiger partial charge in [-0.3, -0.25) is 0 Å². The highest BCUT2D eigenvalue weighted by molar-refractivity contribution is 5.39. The Kier molecular flexibility index (Phi) is 3.09. The molecule has 0 saturated carbocycles. The zero-order valence-corrected chi connectivity index (χ0v) is 7.62. The number of phenols is 2. The molecule has 1 rings (SSSR count). The topological polar surface area (TPSA) is 66.5 Å². The number of rotatable bonds is 2. The first-order valence-corrected chi connectivity index (χ1v) is 4.14. The standard InChI is InChI=1S/C9H10F3NO2/c10-9(11,12)8(13)3-5-1-2-6(14)4-7(5)15/h1-2,4,8,14-15H,3,13H2. The number of benzene rings is 1. The molecular formula is C9H10F3NO2. The van der Waals surface area contributed by atoms with Crippen molar-refractivity contribution in [3.8, 4) is 11.5 Å². The lowest BCUT2D eigenvalue weighted by Gasteiger charge is -2.15. The number of aromatic hydroxyl groups is 2. The van der Waals surface area contributed by atoms with Crippen LogP contribution in [-0.4, -0.2) is 22.4 Å². The van der Waals surface area contributed by atoms with Gasteiger partial charge in [0.25, 0.3) is 0 Å². The second kappa shape index (κ2) is 3.98. The summed E-state index contributed by atoms with van der Waals surface area (Å²) in [7, 11) is 0. The Hall–Kier alpha value is -1.43. The summed E-state index contributed by atoms with van der Waals surface area (Å²) in [6.45, 7) is 0. The third kappa shape index (κ3) is 3.02. The molecule has 0 bridgehead atoms. The van der Waals surface area contributed by atoms with Crippen LogP contribution in [0.15, 0.2) is 18.2 Å². The summed E-state index contributed by atoms with van der Waals surface area (Å²) in [6, 6.07) is 1.35. The summed E-state index contributed by atoms with van der Waals surface area (Å²) < 4.78 is 36.3. The second-order valence-corrected chi connectivity index (χ2v) is 3.17. The van der Waals surface area contributed by atoms with E-state index >= 15 is 0 Å². The Bertz CT molecular complexity index is 352. The van der Waals surface area contributed by atoms with Gasteiger partial charge in [-0.05, 0) is 18.1 Å². The Morgan fingerprint density at radius 1 is 1.27 bits per heavy atom. The molecule has 0 saturated heterocycles. The average molecular weight is 221 g/mol. The third-order valence-corrected chi connectivity index (χ3v) is 1.93. The highest BCUT2D eigenvalue weighted by atomic mass is 19.4. The molecule has 15 heavy (non-hydrogen) atoms. The van der Waals surface area contributed by atoms with Crippen molar-refractivity contribution in [2.75, 3.05) is 0 Å². The lowest BCUT2D eigenvalue weighted by atomic mass is 10.1. The maximum Gasteiger partial charge on any atom is 0.403 e. The maximum atomic E-state index is 12.1. The zero-order valence-electron chi connectivity index (χ0n) is 7.62. The SMILES string of the molecule is NC(Cc1ccc(O)cc1O)C(F)(F)F. The van der Waals surface area contributed by atoms with Gasteiger partial charge in [-0.1, -0.05) is 6.07 Å². The Labute approximate surface area is 84.0 Å². The van der Waals surface area contributed by atoms with E-state index in [0.717, 1.165) is 6.07 Å². The maximum absolute atomic E-state index is 12.1. The molecule has 0 aliphatic rings. The minimum atomic E-state index is -4.50. The molecule has 0 aromatic heterocycles. The van der Waals surface area contributed by atoms with E-state index in [4.69, 9.17) is 10.8 Å². The predicted molar refractivity (Wildman–Crippen MR) is 47.5 cm³/mol. The van der Waals surface area contributed by atoms with E-state index < -0.39 is 24.4 Å². The molecule has 0 amide bonds. The van der Waals surface area contributed by atoms with E-state index in [1.165, 1.54) is 12.1 Å². The minimum absolute atomic E-state index is 0.0534. The van der Waals surface area contributed by atoms with Gasteiger partial charge in [-0.15, -0.1) is 0 Å². The van der Waals surface area contributed by atoms with E-state index in [1.807, 2.05) is 0 Å². The fourth-order valence-corrected chi connectivity index (χ4v) is 1.08. The van der Waals surface area contributed by atoms with E-state index in [1.54, 1.807) is 0 Å². The molecule has 6 heteroatoms. The van der Waals surface area contributed by atoms with Crippen LogP contribution in [0, 0.1) is 0 Å². The van der Waals surface area contributed by atoms with Crippen molar-refractivity contribution in [3.05, 3.63) is 23.8 Å². The summed E-state index contributed by atoms with van der Waals surface area (Å²) in [6.07, 6.45) is -5.01. The summed E-state index contributed by atoms with van der Waals surface area (Å²) >= 11 is 0. The van der Waals surface area contributed by atoms with Crippen LogP contribution in [0.2, 0.25) is 0 Å². The first kappa shape index (κ1) is 11.6. The number of halogens is 3. The van der Waals surface area contributed by atoms with Gasteiger partial charge in [0.1, 0.15) is 17.5 Å². The van der Waals surface area contributed by atoms with Crippen molar-refractivity contribution >= 4 is 0 Å². The van der Waals surface area contributed by atoms with Gasteiger partial charge in [0.05, 0.1) is 0 Å². The van der Waals surface area contributed by atoms with Gasteiger partial charge in [-0.25, -0.2) is 0 Å². The zero-order chi connectivity index (χ0) is 11.6. The van der Waals surface area contributed by atoms with Crippen LogP contribution in [0.3, 0.4) is 0 Å². The number of alkyl halides is 3. The number of hydrogen-bond donors (Lipinski definition) is 3. The van der Waals surface area contributed by atoms with Crippen LogP contribution < -0.4 is 5.73 Å². The summed E-state index contributed by atoms with van der Waals surface area (Å²) in [4.78, 5) is 0.